The van der Waals surface area contributed by atoms with Crippen LogP contribution in [0.25, 0.3) is 10.8 Å². The largest absolute Gasteiger partial charge is 0.508 e. The first-order valence-corrected chi connectivity index (χ1v) is 6.82. The van der Waals surface area contributed by atoms with E-state index in [4.69, 9.17) is 9.84 Å². The second kappa shape index (κ2) is 5.81. The Hall–Kier alpha value is -3.34. The van der Waals surface area contributed by atoms with Crippen LogP contribution in [0.4, 0.5) is 0 Å². The molecule has 2 N–H and O–H groups in total. The summed E-state index contributed by atoms with van der Waals surface area (Å²) < 4.78 is 5.28. The predicted octanol–water partition coefficient (Wildman–Crippen LogP) is 3.46. The van der Waals surface area contributed by atoms with E-state index >= 15 is 0 Å². The van der Waals surface area contributed by atoms with Crippen LogP contribution in [0.15, 0.2) is 60.7 Å². The number of carboxylic acids is 1. The van der Waals surface area contributed by atoms with Crippen molar-refractivity contribution in [3.63, 3.8) is 0 Å². The standard InChI is InChI=1S/C18H12O5/c19-13-6-9-15-12(10-13)2-1-3-16(15)18(22)23-14-7-4-11(5-8-14)17(20)21/h1-10,19H,(H,20,21). The van der Waals surface area contributed by atoms with Crippen LogP contribution in [-0.4, -0.2) is 22.2 Å². The minimum atomic E-state index is -1.04. The van der Waals surface area contributed by atoms with Gasteiger partial charge in [0.15, 0.2) is 0 Å². The van der Waals surface area contributed by atoms with E-state index in [1.807, 2.05) is 0 Å². The van der Waals surface area contributed by atoms with Crippen LogP contribution in [0.5, 0.6) is 11.5 Å². The van der Waals surface area contributed by atoms with E-state index in [1.54, 1.807) is 30.3 Å². The first-order valence-electron chi connectivity index (χ1n) is 6.82. The minimum Gasteiger partial charge on any atom is -0.508 e. The molecule has 0 saturated carbocycles. The average Bonchev–Trinajstić information content (AvgIpc) is 2.54. The SMILES string of the molecule is O=C(O)c1ccc(OC(=O)c2cccc3cc(O)ccc23)cc1. The molecule has 0 atom stereocenters. The Kier molecular flexibility index (Phi) is 3.68. The molecule has 0 saturated heterocycles. The van der Waals surface area contributed by atoms with Gasteiger partial charge in [0.25, 0.3) is 0 Å². The fourth-order valence-corrected chi connectivity index (χ4v) is 2.28. The lowest BCUT2D eigenvalue weighted by atomic mass is 10.0. The lowest BCUT2D eigenvalue weighted by Crippen LogP contribution is -2.09. The summed E-state index contributed by atoms with van der Waals surface area (Å²) in [6.45, 7) is 0. The molecule has 0 aliphatic rings. The van der Waals surface area contributed by atoms with Crippen molar-refractivity contribution in [2.75, 3.05) is 0 Å². The number of benzene rings is 3. The quantitative estimate of drug-likeness (QED) is 0.572. The van der Waals surface area contributed by atoms with E-state index < -0.39 is 11.9 Å². The molecule has 0 radical (unpaired) electrons. The molecule has 3 aromatic carbocycles. The third-order valence-corrected chi connectivity index (χ3v) is 3.40. The van der Waals surface area contributed by atoms with Crippen LogP contribution >= 0.6 is 0 Å². The lowest BCUT2D eigenvalue weighted by Gasteiger charge is -2.08. The minimum absolute atomic E-state index is 0.116. The van der Waals surface area contributed by atoms with Gasteiger partial charge in [-0.25, -0.2) is 9.59 Å². The summed E-state index contributed by atoms with van der Waals surface area (Å²) in [6, 6.07) is 15.4. The molecule has 0 spiro atoms. The van der Waals surface area contributed by atoms with E-state index in [2.05, 4.69) is 0 Å². The molecule has 0 unspecified atom stereocenters. The first kappa shape index (κ1) is 14.6. The van der Waals surface area contributed by atoms with Crippen molar-refractivity contribution in [2.45, 2.75) is 0 Å². The Balaban J connectivity index is 1.90. The molecular formula is C18H12O5. The topological polar surface area (TPSA) is 83.8 Å². The summed E-state index contributed by atoms with van der Waals surface area (Å²) in [5.41, 5.74) is 0.482. The van der Waals surface area contributed by atoms with E-state index in [0.717, 1.165) is 5.39 Å². The summed E-state index contributed by atoms with van der Waals surface area (Å²) in [5.74, 6) is -1.22. The number of aromatic hydroxyl groups is 1. The van der Waals surface area contributed by atoms with Crippen LogP contribution in [0.2, 0.25) is 0 Å². The van der Waals surface area contributed by atoms with E-state index in [1.165, 1.54) is 30.3 Å². The zero-order valence-electron chi connectivity index (χ0n) is 11.9. The second-order valence-electron chi connectivity index (χ2n) is 4.93. The van der Waals surface area contributed by atoms with Gasteiger partial charge < -0.3 is 14.9 Å². The summed E-state index contributed by atoms with van der Waals surface area (Å²) in [7, 11) is 0. The predicted molar refractivity (Wildman–Crippen MR) is 84.0 cm³/mol. The van der Waals surface area contributed by atoms with Gasteiger partial charge in [0.2, 0.25) is 0 Å². The molecule has 0 aliphatic carbocycles. The smallest absolute Gasteiger partial charge is 0.344 e. The molecule has 0 amide bonds. The van der Waals surface area contributed by atoms with Crippen LogP contribution in [0.1, 0.15) is 20.7 Å². The number of hydrogen-bond acceptors (Lipinski definition) is 4. The maximum absolute atomic E-state index is 12.3. The lowest BCUT2D eigenvalue weighted by molar-refractivity contribution is 0.0696. The van der Waals surface area contributed by atoms with Gasteiger partial charge in [-0.3, -0.25) is 0 Å². The van der Waals surface area contributed by atoms with Crippen molar-refractivity contribution in [1.29, 1.82) is 0 Å². The van der Waals surface area contributed by atoms with E-state index in [0.29, 0.717) is 10.9 Å². The molecule has 3 aromatic rings. The van der Waals surface area contributed by atoms with Crippen LogP contribution < -0.4 is 4.74 Å². The normalized spacial score (nSPS) is 10.4. The van der Waals surface area contributed by atoms with E-state index in [-0.39, 0.29) is 17.1 Å². The number of carbonyl (C=O) groups is 2. The van der Waals surface area contributed by atoms with Gasteiger partial charge in [-0.1, -0.05) is 12.1 Å². The molecule has 0 aliphatic heterocycles. The number of ether oxygens (including phenoxy) is 1. The molecule has 0 heterocycles. The molecule has 5 heteroatoms. The van der Waals surface area contributed by atoms with Crippen molar-refractivity contribution < 1.29 is 24.5 Å². The Bertz CT molecular complexity index is 897. The zero-order chi connectivity index (χ0) is 16.4. The third-order valence-electron chi connectivity index (χ3n) is 3.40. The molecule has 3 rings (SSSR count). The highest BCUT2D eigenvalue weighted by atomic mass is 16.5. The average molecular weight is 308 g/mol. The van der Waals surface area contributed by atoms with Crippen LogP contribution in [0.3, 0.4) is 0 Å². The number of rotatable bonds is 3. The number of carbonyl (C=O) groups excluding carboxylic acids is 1. The highest BCUT2D eigenvalue weighted by molar-refractivity contribution is 6.05. The highest BCUT2D eigenvalue weighted by Crippen LogP contribution is 2.24. The summed E-state index contributed by atoms with van der Waals surface area (Å²) in [6.07, 6.45) is 0. The molecule has 114 valence electrons. The zero-order valence-corrected chi connectivity index (χ0v) is 11.9. The Labute approximate surface area is 131 Å². The summed E-state index contributed by atoms with van der Waals surface area (Å²) in [5, 5.41) is 19.7. The van der Waals surface area contributed by atoms with Crippen molar-refractivity contribution in [3.8, 4) is 11.5 Å². The monoisotopic (exact) mass is 308 g/mol. The van der Waals surface area contributed by atoms with Gasteiger partial charge in [-0.05, 0) is 59.3 Å². The van der Waals surface area contributed by atoms with Crippen molar-refractivity contribution in [2.24, 2.45) is 0 Å². The fraction of sp³-hybridized carbons (Fsp3) is 0. The number of aromatic carboxylic acids is 1. The number of esters is 1. The maximum atomic E-state index is 12.3. The highest BCUT2D eigenvalue weighted by Gasteiger charge is 2.13. The Morgan fingerprint density at radius 1 is 0.913 bits per heavy atom. The second-order valence-corrected chi connectivity index (χ2v) is 4.93. The molecule has 5 nitrogen and oxygen atoms in total. The third kappa shape index (κ3) is 2.98. The molecule has 0 fully saturated rings. The fourth-order valence-electron chi connectivity index (χ4n) is 2.28. The summed E-state index contributed by atoms with van der Waals surface area (Å²) >= 11 is 0. The van der Waals surface area contributed by atoms with Gasteiger partial charge in [0, 0.05) is 0 Å². The van der Waals surface area contributed by atoms with Crippen LogP contribution in [-0.2, 0) is 0 Å². The van der Waals surface area contributed by atoms with E-state index in [9.17, 15) is 14.7 Å². The molecule has 0 bridgehead atoms. The Morgan fingerprint density at radius 2 is 1.65 bits per heavy atom. The number of phenolic OH excluding ortho intramolecular Hbond substituents is 1. The number of fused-ring (bicyclic) bond motifs is 1. The van der Waals surface area contributed by atoms with Gasteiger partial charge in [0.1, 0.15) is 11.5 Å². The molecule has 0 aromatic heterocycles. The Morgan fingerprint density at radius 3 is 2.35 bits per heavy atom. The number of carboxylic acid groups (broad SMARTS) is 1. The van der Waals surface area contributed by atoms with Gasteiger partial charge in [-0.15, -0.1) is 0 Å². The first-order chi connectivity index (χ1) is 11.0. The summed E-state index contributed by atoms with van der Waals surface area (Å²) in [4.78, 5) is 23.1. The number of phenols is 1. The van der Waals surface area contributed by atoms with Crippen molar-refractivity contribution in [1.82, 2.24) is 0 Å². The number of hydrogen-bond donors (Lipinski definition) is 2. The van der Waals surface area contributed by atoms with Gasteiger partial charge in [0.05, 0.1) is 11.1 Å². The van der Waals surface area contributed by atoms with Gasteiger partial charge in [-0.2, -0.15) is 0 Å². The molecule has 23 heavy (non-hydrogen) atoms. The molecular weight excluding hydrogens is 296 g/mol. The van der Waals surface area contributed by atoms with Crippen molar-refractivity contribution >= 4 is 22.7 Å². The van der Waals surface area contributed by atoms with Crippen LogP contribution in [0, 0.1) is 0 Å². The van der Waals surface area contributed by atoms with Gasteiger partial charge >= 0.3 is 11.9 Å². The maximum Gasteiger partial charge on any atom is 0.344 e. The van der Waals surface area contributed by atoms with Crippen molar-refractivity contribution in [3.05, 3.63) is 71.8 Å².